The molecule has 4 nitrogen and oxygen atoms in total. The van der Waals surface area contributed by atoms with Gasteiger partial charge in [0.15, 0.2) is 17.4 Å². The summed E-state index contributed by atoms with van der Waals surface area (Å²) in [5, 5.41) is 4.09. The van der Waals surface area contributed by atoms with Gasteiger partial charge in [-0.05, 0) is 85.5 Å². The number of benzene rings is 3. The van der Waals surface area contributed by atoms with Crippen LogP contribution in [0.25, 0.3) is 5.57 Å². The fraction of sp³-hybridized carbons (Fsp3) is 0.344. The lowest BCUT2D eigenvalue weighted by Gasteiger charge is -2.28. The first-order valence-corrected chi connectivity index (χ1v) is 14.1. The molecule has 0 spiro atoms. The van der Waals surface area contributed by atoms with Crippen molar-refractivity contribution < 1.29 is 22.7 Å². The summed E-state index contributed by atoms with van der Waals surface area (Å²) in [6.07, 6.45) is 4.68. The summed E-state index contributed by atoms with van der Waals surface area (Å²) in [6.45, 7) is 2.03. The van der Waals surface area contributed by atoms with Crippen molar-refractivity contribution in [1.29, 1.82) is 0 Å². The molecule has 40 heavy (non-hydrogen) atoms. The highest BCUT2D eigenvalue weighted by molar-refractivity contribution is 6.31. The van der Waals surface area contributed by atoms with E-state index in [4.69, 9.17) is 16.3 Å². The molecule has 3 aromatic rings. The maximum absolute atomic E-state index is 13.8. The predicted octanol–water partition coefficient (Wildman–Crippen LogP) is 6.75. The molecule has 2 aliphatic rings. The first kappa shape index (κ1) is 28.2. The highest BCUT2D eigenvalue weighted by atomic mass is 35.5. The number of nitrogens with one attached hydrogen (secondary N) is 1. The van der Waals surface area contributed by atoms with Crippen LogP contribution in [0.15, 0.2) is 66.2 Å². The van der Waals surface area contributed by atoms with E-state index in [2.05, 4.69) is 5.32 Å². The molecule has 0 bridgehead atoms. The van der Waals surface area contributed by atoms with Gasteiger partial charge in [0.1, 0.15) is 0 Å². The average molecular weight is 569 g/mol. The molecule has 0 saturated heterocycles. The summed E-state index contributed by atoms with van der Waals surface area (Å²) in [4.78, 5) is 15.8. The summed E-state index contributed by atoms with van der Waals surface area (Å²) in [6, 6.07) is 17.7. The summed E-state index contributed by atoms with van der Waals surface area (Å²) >= 11 is 6.36. The number of carbonyl (C=O) groups excluding carboxylic acids is 1. The van der Waals surface area contributed by atoms with E-state index in [-0.39, 0.29) is 18.6 Å². The van der Waals surface area contributed by atoms with Crippen molar-refractivity contribution >= 4 is 23.1 Å². The molecule has 3 aromatic carbocycles. The Kier molecular flexibility index (Phi) is 9.12. The standard InChI is InChI=1S/C32H32ClF3N2O2/c33-27-6-2-1-5-23(27)16-18-38(24-11-12-24)32(39)26-20-37-17-15-25(26)22-9-7-21(8-10-22)4-3-19-40-31-29(35)14-13-28(34)30(31)36/h1-2,5-10,13-14,24,37H,3-4,11-12,15-20H2. The second kappa shape index (κ2) is 12.9. The van der Waals surface area contributed by atoms with Crippen LogP contribution in [0.4, 0.5) is 13.2 Å². The second-order valence-corrected chi connectivity index (χ2v) is 10.7. The lowest BCUT2D eigenvalue weighted by molar-refractivity contribution is -0.127. The van der Waals surface area contributed by atoms with E-state index in [0.29, 0.717) is 25.9 Å². The number of hydrogen-bond donors (Lipinski definition) is 1. The predicted molar refractivity (Wildman–Crippen MR) is 151 cm³/mol. The minimum absolute atomic E-state index is 0.0553. The van der Waals surface area contributed by atoms with Crippen LogP contribution < -0.4 is 10.1 Å². The van der Waals surface area contributed by atoms with Crippen LogP contribution in [0.5, 0.6) is 5.75 Å². The Morgan fingerprint density at radius 2 is 1.73 bits per heavy atom. The van der Waals surface area contributed by atoms with Crippen molar-refractivity contribution in [2.45, 2.75) is 44.6 Å². The molecule has 0 atom stereocenters. The van der Waals surface area contributed by atoms with Crippen LogP contribution in [0.1, 0.15) is 42.4 Å². The van der Waals surface area contributed by atoms with Gasteiger partial charge >= 0.3 is 0 Å². The molecule has 1 saturated carbocycles. The Labute approximate surface area is 237 Å². The SMILES string of the molecule is O=C(C1=C(c2ccc(CCCOc3c(F)ccc(F)c3F)cc2)CCNC1)N(CCc1ccccc1Cl)C1CC1. The Bertz CT molecular complexity index is 1390. The number of hydrogen-bond acceptors (Lipinski definition) is 3. The molecule has 0 aromatic heterocycles. The van der Waals surface area contributed by atoms with Gasteiger partial charge < -0.3 is 15.0 Å². The van der Waals surface area contributed by atoms with Crippen LogP contribution in [0.3, 0.4) is 0 Å². The zero-order valence-corrected chi connectivity index (χ0v) is 23.0. The third kappa shape index (κ3) is 6.70. The Hall–Kier alpha value is -3.29. The van der Waals surface area contributed by atoms with E-state index in [1.165, 1.54) is 0 Å². The fourth-order valence-electron chi connectivity index (χ4n) is 5.12. The topological polar surface area (TPSA) is 41.6 Å². The summed E-state index contributed by atoms with van der Waals surface area (Å²) < 4.78 is 46.1. The van der Waals surface area contributed by atoms with Gasteiger partial charge in [-0.1, -0.05) is 54.1 Å². The number of carbonyl (C=O) groups is 1. The van der Waals surface area contributed by atoms with Crippen LogP contribution in [-0.2, 0) is 17.6 Å². The zero-order valence-electron chi connectivity index (χ0n) is 22.2. The van der Waals surface area contributed by atoms with E-state index in [9.17, 15) is 18.0 Å². The van der Waals surface area contributed by atoms with Crippen LogP contribution in [0, 0.1) is 17.5 Å². The van der Waals surface area contributed by atoms with Crippen molar-refractivity contribution in [3.05, 3.63) is 105 Å². The fourth-order valence-corrected chi connectivity index (χ4v) is 5.35. The van der Waals surface area contributed by atoms with E-state index in [1.54, 1.807) is 0 Å². The van der Waals surface area contributed by atoms with Crippen molar-refractivity contribution in [2.75, 3.05) is 26.2 Å². The Balaban J connectivity index is 1.23. The van der Waals surface area contributed by atoms with E-state index in [0.717, 1.165) is 77.2 Å². The molecule has 8 heteroatoms. The number of rotatable bonds is 11. The number of aryl methyl sites for hydroxylation is 1. The first-order chi connectivity index (χ1) is 19.4. The van der Waals surface area contributed by atoms with Gasteiger partial charge in [0.25, 0.3) is 5.91 Å². The largest absolute Gasteiger partial charge is 0.488 e. The molecule has 1 N–H and O–H groups in total. The number of halogens is 4. The van der Waals surface area contributed by atoms with Gasteiger partial charge in [-0.15, -0.1) is 0 Å². The third-order valence-electron chi connectivity index (χ3n) is 7.46. The molecule has 5 rings (SSSR count). The maximum atomic E-state index is 13.8. The van der Waals surface area contributed by atoms with Gasteiger partial charge in [0.2, 0.25) is 5.82 Å². The molecule has 1 heterocycles. The Morgan fingerprint density at radius 3 is 2.48 bits per heavy atom. The minimum Gasteiger partial charge on any atom is -0.488 e. The van der Waals surface area contributed by atoms with Gasteiger partial charge in [-0.2, -0.15) is 4.39 Å². The number of ether oxygens (including phenoxy) is 1. The molecule has 210 valence electrons. The molecule has 0 radical (unpaired) electrons. The summed E-state index contributed by atoms with van der Waals surface area (Å²) in [7, 11) is 0. The number of amides is 1. The molecule has 0 unspecified atom stereocenters. The minimum atomic E-state index is -1.31. The van der Waals surface area contributed by atoms with Gasteiger partial charge in [-0.3, -0.25) is 4.79 Å². The Morgan fingerprint density at radius 1 is 0.975 bits per heavy atom. The highest BCUT2D eigenvalue weighted by Gasteiger charge is 2.35. The van der Waals surface area contributed by atoms with E-state index >= 15 is 0 Å². The van der Waals surface area contributed by atoms with Crippen molar-refractivity contribution in [3.8, 4) is 5.75 Å². The van der Waals surface area contributed by atoms with Gasteiger partial charge in [-0.25, -0.2) is 8.78 Å². The third-order valence-corrected chi connectivity index (χ3v) is 7.83. The first-order valence-electron chi connectivity index (χ1n) is 13.7. The smallest absolute Gasteiger partial charge is 0.251 e. The normalized spacial score (nSPS) is 15.3. The maximum Gasteiger partial charge on any atom is 0.251 e. The van der Waals surface area contributed by atoms with Crippen molar-refractivity contribution in [1.82, 2.24) is 10.2 Å². The molecule has 1 amide bonds. The van der Waals surface area contributed by atoms with E-state index < -0.39 is 23.2 Å². The molecular weight excluding hydrogens is 537 g/mol. The van der Waals surface area contributed by atoms with Crippen LogP contribution in [0.2, 0.25) is 5.02 Å². The monoisotopic (exact) mass is 568 g/mol. The zero-order chi connectivity index (χ0) is 28.1. The van der Waals surface area contributed by atoms with Gasteiger partial charge in [0, 0.05) is 29.7 Å². The number of nitrogens with zero attached hydrogens (tertiary/aromatic N) is 1. The second-order valence-electron chi connectivity index (χ2n) is 10.3. The summed E-state index contributed by atoms with van der Waals surface area (Å²) in [5.74, 6) is -3.97. The van der Waals surface area contributed by atoms with Crippen molar-refractivity contribution in [3.63, 3.8) is 0 Å². The molecular formula is C32H32ClF3N2O2. The highest BCUT2D eigenvalue weighted by Crippen LogP contribution is 2.32. The summed E-state index contributed by atoms with van der Waals surface area (Å²) in [5.41, 5.74) is 4.99. The van der Waals surface area contributed by atoms with Crippen LogP contribution in [-0.4, -0.2) is 43.1 Å². The van der Waals surface area contributed by atoms with Crippen molar-refractivity contribution in [2.24, 2.45) is 0 Å². The molecule has 1 aliphatic carbocycles. The lowest BCUT2D eigenvalue weighted by Crippen LogP contribution is -2.40. The molecule has 1 aliphatic heterocycles. The quantitative estimate of drug-likeness (QED) is 0.205. The lowest BCUT2D eigenvalue weighted by atomic mass is 9.92. The molecule has 1 fully saturated rings. The van der Waals surface area contributed by atoms with Gasteiger partial charge in [0.05, 0.1) is 6.61 Å². The van der Waals surface area contributed by atoms with Crippen LogP contribution >= 0.6 is 11.6 Å². The average Bonchev–Trinajstić information content (AvgIpc) is 3.81. The van der Waals surface area contributed by atoms with E-state index in [1.807, 2.05) is 53.4 Å².